The van der Waals surface area contributed by atoms with Gasteiger partial charge in [0.1, 0.15) is 10.8 Å². The van der Waals surface area contributed by atoms with Crippen molar-refractivity contribution in [2.75, 3.05) is 7.11 Å². The lowest BCUT2D eigenvalue weighted by molar-refractivity contribution is 0.414. The normalized spacial score (nSPS) is 8.20. The van der Waals surface area contributed by atoms with Gasteiger partial charge < -0.3 is 4.74 Å². The minimum atomic E-state index is 0. The first-order valence-corrected chi connectivity index (χ1v) is 2.86. The van der Waals surface area contributed by atoms with Crippen LogP contribution in [0, 0.1) is 0 Å². The highest BCUT2D eigenvalue weighted by atomic mass is 35.5. The van der Waals surface area contributed by atoms with Gasteiger partial charge >= 0.3 is 0 Å². The molecule has 56 valence electrons. The third-order valence-corrected chi connectivity index (χ3v) is 1.24. The molecule has 0 bridgehead atoms. The van der Waals surface area contributed by atoms with Crippen molar-refractivity contribution < 1.29 is 4.74 Å². The monoisotopic (exact) mass is 179 g/mol. The molecule has 0 saturated heterocycles. The molecule has 1 heterocycles. The van der Waals surface area contributed by atoms with Gasteiger partial charge in [-0.15, -0.1) is 12.4 Å². The van der Waals surface area contributed by atoms with Crippen molar-refractivity contribution in [1.82, 2.24) is 4.98 Å². The number of pyridine rings is 1. The van der Waals surface area contributed by atoms with Gasteiger partial charge in [0.2, 0.25) is 0 Å². The van der Waals surface area contributed by atoms with E-state index in [1.165, 1.54) is 0 Å². The highest BCUT2D eigenvalue weighted by Gasteiger charge is 1.94. The van der Waals surface area contributed by atoms with E-state index in [4.69, 9.17) is 16.3 Å². The van der Waals surface area contributed by atoms with Gasteiger partial charge in [0.25, 0.3) is 0 Å². The molecule has 10 heavy (non-hydrogen) atoms. The van der Waals surface area contributed by atoms with Gasteiger partial charge in [0.05, 0.1) is 7.11 Å². The van der Waals surface area contributed by atoms with E-state index in [1.807, 2.05) is 0 Å². The molecule has 0 fully saturated rings. The Kier molecular flexibility index (Phi) is 4.16. The molecule has 1 aromatic heterocycles. The van der Waals surface area contributed by atoms with Gasteiger partial charge in [0.15, 0.2) is 0 Å². The van der Waals surface area contributed by atoms with Gasteiger partial charge in [-0.1, -0.05) is 11.6 Å². The Morgan fingerprint density at radius 1 is 1.60 bits per heavy atom. The summed E-state index contributed by atoms with van der Waals surface area (Å²) in [4.78, 5) is 3.78. The number of nitrogens with zero attached hydrogens (tertiary/aromatic N) is 1. The summed E-state index contributed by atoms with van der Waals surface area (Å²) in [6, 6.07) is 1.71. The fourth-order valence-electron chi connectivity index (χ4n) is 0.528. The Labute approximate surface area is 70.6 Å². The van der Waals surface area contributed by atoms with E-state index in [2.05, 4.69) is 4.98 Å². The Morgan fingerprint density at radius 2 is 2.30 bits per heavy atom. The molecular weight excluding hydrogens is 173 g/mol. The van der Waals surface area contributed by atoms with Crippen molar-refractivity contribution in [2.45, 2.75) is 0 Å². The summed E-state index contributed by atoms with van der Waals surface area (Å²) in [5.41, 5.74) is 0. The Hall–Kier alpha value is -0.470. The molecule has 0 aromatic carbocycles. The topological polar surface area (TPSA) is 22.1 Å². The third kappa shape index (κ3) is 2.05. The summed E-state index contributed by atoms with van der Waals surface area (Å²) >= 11 is 5.64. The highest BCUT2D eigenvalue weighted by molar-refractivity contribution is 6.31. The summed E-state index contributed by atoms with van der Waals surface area (Å²) in [5, 5.41) is 0.542. The Balaban J connectivity index is 0.000000810. The SMILES string of the molecule is COc1ccncc1Cl.Cl. The quantitative estimate of drug-likeness (QED) is 0.660. The molecule has 0 unspecified atom stereocenters. The average molecular weight is 180 g/mol. The first-order valence-electron chi connectivity index (χ1n) is 2.48. The molecule has 0 spiro atoms. The molecule has 1 aromatic rings. The number of rotatable bonds is 1. The van der Waals surface area contributed by atoms with Crippen LogP contribution in [0.4, 0.5) is 0 Å². The van der Waals surface area contributed by atoms with Gasteiger partial charge in [-0.05, 0) is 6.07 Å². The lowest BCUT2D eigenvalue weighted by Gasteiger charge is -1.98. The summed E-state index contributed by atoms with van der Waals surface area (Å²) in [7, 11) is 1.57. The van der Waals surface area contributed by atoms with E-state index in [1.54, 1.807) is 25.6 Å². The first kappa shape index (κ1) is 9.53. The minimum absolute atomic E-state index is 0. The zero-order chi connectivity index (χ0) is 6.69. The summed E-state index contributed by atoms with van der Waals surface area (Å²) in [6.07, 6.45) is 3.17. The molecule has 0 aliphatic heterocycles. The molecule has 2 nitrogen and oxygen atoms in total. The van der Waals surface area contributed by atoms with Gasteiger partial charge in [-0.2, -0.15) is 0 Å². The number of halogens is 2. The predicted molar refractivity (Wildman–Crippen MR) is 43.0 cm³/mol. The van der Waals surface area contributed by atoms with Crippen LogP contribution in [0.3, 0.4) is 0 Å². The zero-order valence-electron chi connectivity index (χ0n) is 5.37. The van der Waals surface area contributed by atoms with Crippen LogP contribution in [0.2, 0.25) is 5.02 Å². The smallest absolute Gasteiger partial charge is 0.140 e. The molecule has 0 aliphatic carbocycles. The summed E-state index contributed by atoms with van der Waals surface area (Å²) in [5.74, 6) is 0.659. The van der Waals surface area contributed by atoms with Crippen molar-refractivity contribution in [3.8, 4) is 5.75 Å². The second kappa shape index (κ2) is 4.36. The number of hydrogen-bond acceptors (Lipinski definition) is 2. The molecule has 4 heteroatoms. The number of aromatic nitrogens is 1. The maximum Gasteiger partial charge on any atom is 0.140 e. The maximum atomic E-state index is 5.64. The van der Waals surface area contributed by atoms with Crippen LogP contribution in [-0.4, -0.2) is 12.1 Å². The van der Waals surface area contributed by atoms with Crippen LogP contribution in [0.5, 0.6) is 5.75 Å². The highest BCUT2D eigenvalue weighted by Crippen LogP contribution is 2.20. The fraction of sp³-hybridized carbons (Fsp3) is 0.167. The first-order chi connectivity index (χ1) is 4.34. The van der Waals surface area contributed by atoms with Crippen molar-refractivity contribution >= 4 is 24.0 Å². The Bertz CT molecular complexity index is 205. The second-order valence-corrected chi connectivity index (χ2v) is 1.92. The third-order valence-electron chi connectivity index (χ3n) is 0.955. The van der Waals surface area contributed by atoms with E-state index in [9.17, 15) is 0 Å². The van der Waals surface area contributed by atoms with Crippen molar-refractivity contribution in [3.05, 3.63) is 23.5 Å². The summed E-state index contributed by atoms with van der Waals surface area (Å²) in [6.45, 7) is 0. The van der Waals surface area contributed by atoms with Crippen LogP contribution in [0.15, 0.2) is 18.5 Å². The lowest BCUT2D eigenvalue weighted by Crippen LogP contribution is -1.83. The lowest BCUT2D eigenvalue weighted by atomic mass is 10.4. The van der Waals surface area contributed by atoms with Crippen molar-refractivity contribution in [1.29, 1.82) is 0 Å². The predicted octanol–water partition coefficient (Wildman–Crippen LogP) is 2.17. The number of methoxy groups -OCH3 is 1. The van der Waals surface area contributed by atoms with Crippen molar-refractivity contribution in [2.24, 2.45) is 0 Å². The number of ether oxygens (including phenoxy) is 1. The van der Waals surface area contributed by atoms with Crippen LogP contribution in [0.1, 0.15) is 0 Å². The molecule has 0 radical (unpaired) electrons. The summed E-state index contributed by atoms with van der Waals surface area (Å²) < 4.78 is 4.87. The van der Waals surface area contributed by atoms with Crippen LogP contribution < -0.4 is 4.74 Å². The van der Waals surface area contributed by atoms with Crippen LogP contribution in [-0.2, 0) is 0 Å². The molecule has 0 saturated carbocycles. The van der Waals surface area contributed by atoms with E-state index < -0.39 is 0 Å². The molecule has 1 rings (SSSR count). The van der Waals surface area contributed by atoms with E-state index in [-0.39, 0.29) is 12.4 Å². The standard InChI is InChI=1S/C6H6ClNO.ClH/c1-9-6-2-3-8-4-5(6)7;/h2-4H,1H3;1H. The van der Waals surface area contributed by atoms with Gasteiger partial charge in [-0.25, -0.2) is 0 Å². The Morgan fingerprint density at radius 3 is 2.70 bits per heavy atom. The molecule has 0 amide bonds. The second-order valence-electron chi connectivity index (χ2n) is 1.51. The zero-order valence-corrected chi connectivity index (χ0v) is 6.95. The molecule has 0 atom stereocenters. The van der Waals surface area contributed by atoms with Gasteiger partial charge in [0, 0.05) is 12.4 Å². The minimum Gasteiger partial charge on any atom is -0.495 e. The number of hydrogen-bond donors (Lipinski definition) is 0. The van der Waals surface area contributed by atoms with Crippen LogP contribution in [0.25, 0.3) is 0 Å². The van der Waals surface area contributed by atoms with Crippen molar-refractivity contribution in [3.63, 3.8) is 0 Å². The average Bonchev–Trinajstić information content (AvgIpc) is 1.89. The van der Waals surface area contributed by atoms with Crippen LogP contribution >= 0.6 is 24.0 Å². The molecule has 0 aliphatic rings. The largest absolute Gasteiger partial charge is 0.495 e. The fourth-order valence-corrected chi connectivity index (χ4v) is 0.724. The van der Waals surface area contributed by atoms with E-state index in [0.29, 0.717) is 10.8 Å². The maximum absolute atomic E-state index is 5.64. The van der Waals surface area contributed by atoms with E-state index >= 15 is 0 Å². The van der Waals surface area contributed by atoms with Gasteiger partial charge in [-0.3, -0.25) is 4.98 Å². The molecule has 0 N–H and O–H groups in total. The molecular formula is C6H7Cl2NO. The van der Waals surface area contributed by atoms with E-state index in [0.717, 1.165) is 0 Å².